The first-order valence-corrected chi connectivity index (χ1v) is 7.01. The molecule has 0 bridgehead atoms. The summed E-state index contributed by atoms with van der Waals surface area (Å²) in [5.41, 5.74) is 1.03. The van der Waals surface area contributed by atoms with Gasteiger partial charge < -0.3 is 4.74 Å². The molecule has 1 fully saturated rings. The van der Waals surface area contributed by atoms with E-state index in [9.17, 15) is 9.59 Å². The molecule has 0 amide bonds. The van der Waals surface area contributed by atoms with E-state index in [1.165, 1.54) is 0 Å². The molecule has 0 saturated carbocycles. The van der Waals surface area contributed by atoms with Gasteiger partial charge in [-0.3, -0.25) is 14.9 Å². The number of benzene rings is 1. The molecular weight excluding hydrogens is 254 g/mol. The molecule has 0 spiro atoms. The summed E-state index contributed by atoms with van der Waals surface area (Å²) in [4.78, 5) is 23.8. The molecule has 1 aliphatic rings. The van der Waals surface area contributed by atoms with E-state index in [-0.39, 0.29) is 29.8 Å². The average molecular weight is 275 g/mol. The molecule has 4 nitrogen and oxygen atoms in total. The number of carbonyl (C=O) groups excluding carboxylic acids is 2. The van der Waals surface area contributed by atoms with Crippen molar-refractivity contribution in [3.05, 3.63) is 35.9 Å². The second kappa shape index (κ2) is 6.18. The fraction of sp³-hybridized carbons (Fsp3) is 0.500. The third-order valence-corrected chi connectivity index (χ3v) is 3.59. The van der Waals surface area contributed by atoms with Crippen LogP contribution in [0.3, 0.4) is 0 Å². The Labute approximate surface area is 119 Å². The maximum atomic E-state index is 12.0. The second-order valence-corrected chi connectivity index (χ2v) is 5.55. The number of ketones is 1. The van der Waals surface area contributed by atoms with Crippen molar-refractivity contribution in [2.45, 2.75) is 45.4 Å². The fourth-order valence-corrected chi connectivity index (χ4v) is 2.66. The lowest BCUT2D eigenvalue weighted by molar-refractivity contribution is -0.149. The predicted octanol–water partition coefficient (Wildman–Crippen LogP) is 2.25. The van der Waals surface area contributed by atoms with Crippen molar-refractivity contribution in [1.82, 2.24) is 5.32 Å². The molecule has 0 unspecified atom stereocenters. The van der Waals surface area contributed by atoms with Crippen molar-refractivity contribution in [3.8, 4) is 0 Å². The minimum atomic E-state index is -0.406. The van der Waals surface area contributed by atoms with Gasteiger partial charge in [-0.05, 0) is 32.8 Å². The summed E-state index contributed by atoms with van der Waals surface area (Å²) in [6.45, 7) is 5.23. The molecule has 2 rings (SSSR count). The molecule has 1 aromatic carbocycles. The third-order valence-electron chi connectivity index (χ3n) is 3.59. The summed E-state index contributed by atoms with van der Waals surface area (Å²) in [7, 11) is 0. The van der Waals surface area contributed by atoms with E-state index in [1.807, 2.05) is 44.2 Å². The lowest BCUT2D eigenvalue weighted by Crippen LogP contribution is -2.35. The minimum absolute atomic E-state index is 0.103. The van der Waals surface area contributed by atoms with Gasteiger partial charge in [-0.25, -0.2) is 0 Å². The number of carbonyl (C=O) groups is 2. The van der Waals surface area contributed by atoms with Gasteiger partial charge >= 0.3 is 5.97 Å². The van der Waals surface area contributed by atoms with Crippen LogP contribution in [-0.2, 0) is 14.3 Å². The van der Waals surface area contributed by atoms with Gasteiger partial charge in [-0.1, -0.05) is 30.3 Å². The van der Waals surface area contributed by atoms with Gasteiger partial charge in [-0.15, -0.1) is 0 Å². The molecule has 0 aromatic heterocycles. The van der Waals surface area contributed by atoms with Crippen LogP contribution < -0.4 is 5.32 Å². The van der Waals surface area contributed by atoms with Crippen LogP contribution in [-0.4, -0.2) is 23.9 Å². The number of rotatable bonds is 4. The van der Waals surface area contributed by atoms with Crippen LogP contribution in [0.2, 0.25) is 0 Å². The highest BCUT2D eigenvalue weighted by Gasteiger charge is 2.41. The Kier molecular flexibility index (Phi) is 4.55. The number of esters is 1. The molecule has 1 heterocycles. The average Bonchev–Trinajstić information content (AvgIpc) is 2.84. The SMILES string of the molecule is CC(=O)[C@@H]1C[C@@H](C(=O)OC(C)C)N[C@H]1c1ccccc1. The van der Waals surface area contributed by atoms with Crippen molar-refractivity contribution in [2.24, 2.45) is 5.92 Å². The zero-order valence-corrected chi connectivity index (χ0v) is 12.1. The van der Waals surface area contributed by atoms with Crippen LogP contribution in [0.25, 0.3) is 0 Å². The van der Waals surface area contributed by atoms with Gasteiger partial charge in [0, 0.05) is 12.0 Å². The zero-order chi connectivity index (χ0) is 14.7. The molecule has 1 aromatic rings. The molecule has 1 saturated heterocycles. The van der Waals surface area contributed by atoms with Crippen LogP contribution in [0.4, 0.5) is 0 Å². The highest BCUT2D eigenvalue weighted by atomic mass is 16.5. The Balaban J connectivity index is 2.16. The van der Waals surface area contributed by atoms with E-state index in [1.54, 1.807) is 6.92 Å². The lowest BCUT2D eigenvalue weighted by atomic mass is 9.90. The van der Waals surface area contributed by atoms with Crippen molar-refractivity contribution < 1.29 is 14.3 Å². The summed E-state index contributed by atoms with van der Waals surface area (Å²) in [6, 6.07) is 9.25. The van der Waals surface area contributed by atoms with Crippen LogP contribution in [0.15, 0.2) is 30.3 Å². The van der Waals surface area contributed by atoms with Crippen molar-refractivity contribution >= 4 is 11.8 Å². The molecule has 1 aliphatic heterocycles. The van der Waals surface area contributed by atoms with E-state index in [0.29, 0.717) is 6.42 Å². The number of Topliss-reactive ketones (excluding diaryl/α,β-unsaturated/α-hetero) is 1. The van der Waals surface area contributed by atoms with Crippen LogP contribution in [0.5, 0.6) is 0 Å². The van der Waals surface area contributed by atoms with Crippen molar-refractivity contribution in [2.75, 3.05) is 0 Å². The largest absolute Gasteiger partial charge is 0.462 e. The first kappa shape index (κ1) is 14.7. The van der Waals surface area contributed by atoms with Gasteiger partial charge in [0.25, 0.3) is 0 Å². The smallest absolute Gasteiger partial charge is 0.323 e. The molecule has 4 heteroatoms. The van der Waals surface area contributed by atoms with Gasteiger partial charge in [0.1, 0.15) is 11.8 Å². The van der Waals surface area contributed by atoms with Gasteiger partial charge in [0.2, 0.25) is 0 Å². The summed E-state index contributed by atoms with van der Waals surface area (Å²) in [5, 5.41) is 3.25. The van der Waals surface area contributed by atoms with Gasteiger partial charge in [0.05, 0.1) is 6.10 Å². The first-order chi connectivity index (χ1) is 9.49. The molecule has 3 atom stereocenters. The summed E-state index contributed by atoms with van der Waals surface area (Å²) in [5.74, 6) is -0.349. The standard InChI is InChI=1S/C16H21NO3/c1-10(2)20-16(19)14-9-13(11(3)18)15(17-14)12-7-5-4-6-8-12/h4-8,10,13-15,17H,9H2,1-3H3/t13-,14-,15-/m0/s1. The number of hydrogen-bond donors (Lipinski definition) is 1. The summed E-state index contributed by atoms with van der Waals surface area (Å²) < 4.78 is 5.23. The molecule has 0 radical (unpaired) electrons. The monoisotopic (exact) mass is 275 g/mol. The molecule has 0 aliphatic carbocycles. The van der Waals surface area contributed by atoms with E-state index in [4.69, 9.17) is 4.74 Å². The Morgan fingerprint density at radius 1 is 1.25 bits per heavy atom. The predicted molar refractivity (Wildman–Crippen MR) is 76.1 cm³/mol. The van der Waals surface area contributed by atoms with Crippen LogP contribution in [0.1, 0.15) is 38.8 Å². The van der Waals surface area contributed by atoms with Crippen molar-refractivity contribution in [1.29, 1.82) is 0 Å². The molecule has 20 heavy (non-hydrogen) atoms. The maximum absolute atomic E-state index is 12.0. The van der Waals surface area contributed by atoms with Gasteiger partial charge in [0.15, 0.2) is 0 Å². The molecule has 1 N–H and O–H groups in total. The quantitative estimate of drug-likeness (QED) is 0.856. The normalized spacial score (nSPS) is 25.7. The maximum Gasteiger partial charge on any atom is 0.323 e. The zero-order valence-electron chi connectivity index (χ0n) is 12.1. The van der Waals surface area contributed by atoms with E-state index in [0.717, 1.165) is 5.56 Å². The first-order valence-electron chi connectivity index (χ1n) is 7.01. The molecule has 108 valence electrons. The number of hydrogen-bond acceptors (Lipinski definition) is 4. The Hall–Kier alpha value is -1.68. The lowest BCUT2D eigenvalue weighted by Gasteiger charge is -2.18. The topological polar surface area (TPSA) is 55.4 Å². The second-order valence-electron chi connectivity index (χ2n) is 5.55. The highest BCUT2D eigenvalue weighted by Crippen LogP contribution is 2.33. The Morgan fingerprint density at radius 3 is 2.45 bits per heavy atom. The highest BCUT2D eigenvalue weighted by molar-refractivity contribution is 5.83. The number of ether oxygens (including phenoxy) is 1. The Bertz CT molecular complexity index is 484. The number of nitrogens with one attached hydrogen (secondary N) is 1. The van der Waals surface area contributed by atoms with E-state index < -0.39 is 6.04 Å². The minimum Gasteiger partial charge on any atom is -0.462 e. The van der Waals surface area contributed by atoms with Crippen LogP contribution >= 0.6 is 0 Å². The van der Waals surface area contributed by atoms with Crippen molar-refractivity contribution in [3.63, 3.8) is 0 Å². The Morgan fingerprint density at radius 2 is 1.90 bits per heavy atom. The van der Waals surface area contributed by atoms with E-state index >= 15 is 0 Å². The van der Waals surface area contributed by atoms with Crippen LogP contribution in [0, 0.1) is 5.92 Å². The van der Waals surface area contributed by atoms with Gasteiger partial charge in [-0.2, -0.15) is 0 Å². The third kappa shape index (κ3) is 3.25. The molecular formula is C16H21NO3. The summed E-state index contributed by atoms with van der Waals surface area (Å²) in [6.07, 6.45) is 0.358. The summed E-state index contributed by atoms with van der Waals surface area (Å²) >= 11 is 0. The van der Waals surface area contributed by atoms with E-state index in [2.05, 4.69) is 5.32 Å². The fourth-order valence-electron chi connectivity index (χ4n) is 2.66.